The van der Waals surface area contributed by atoms with Crippen LogP contribution in [0.3, 0.4) is 0 Å². The standard InChI is InChI=1S/C28H25ClN4O4S/c29-21-5-1-18(2-6-21)16-33-27(35)22-7-4-20(14-23(22)30-28(33)38)26(34)32-11-9-31(10-12-32)15-19-3-8-24-25(13-19)37-17-36-24/h1-8,13-14H,9-12,15-17H2,(H,30,38)/p+1. The van der Waals surface area contributed by atoms with Gasteiger partial charge in [0, 0.05) is 16.1 Å². The fraction of sp³-hybridized carbons (Fsp3) is 0.250. The van der Waals surface area contributed by atoms with Gasteiger partial charge in [-0.3, -0.25) is 14.2 Å². The average Bonchev–Trinajstić information content (AvgIpc) is 3.40. The number of benzene rings is 3. The number of aromatic nitrogens is 2. The number of carbonyl (C=O) groups is 1. The summed E-state index contributed by atoms with van der Waals surface area (Å²) in [7, 11) is 0. The summed E-state index contributed by atoms with van der Waals surface area (Å²) in [5, 5.41) is 1.12. The predicted molar refractivity (Wildman–Crippen MR) is 147 cm³/mol. The number of quaternary nitrogens is 1. The number of H-pyrrole nitrogens is 1. The lowest BCUT2D eigenvalue weighted by Crippen LogP contribution is -3.13. The Bertz CT molecular complexity index is 1640. The molecule has 8 nitrogen and oxygen atoms in total. The van der Waals surface area contributed by atoms with Gasteiger partial charge in [0.2, 0.25) is 6.79 Å². The van der Waals surface area contributed by atoms with Gasteiger partial charge in [0.1, 0.15) is 6.54 Å². The van der Waals surface area contributed by atoms with Crippen LogP contribution in [0.4, 0.5) is 0 Å². The number of nitrogens with zero attached hydrogens (tertiary/aromatic N) is 2. The predicted octanol–water partition coefficient (Wildman–Crippen LogP) is 3.03. The zero-order valence-electron chi connectivity index (χ0n) is 20.5. The number of carbonyl (C=O) groups excluding carboxylic acids is 1. The largest absolute Gasteiger partial charge is 0.454 e. The first kappa shape index (κ1) is 24.7. The normalized spacial score (nSPS) is 15.2. The van der Waals surface area contributed by atoms with Gasteiger partial charge in [-0.2, -0.15) is 0 Å². The molecule has 2 N–H and O–H groups in total. The third-order valence-corrected chi connectivity index (χ3v) is 7.71. The van der Waals surface area contributed by atoms with E-state index in [1.165, 1.54) is 15.0 Å². The molecule has 3 aromatic carbocycles. The van der Waals surface area contributed by atoms with Crippen molar-refractivity contribution in [2.75, 3.05) is 33.0 Å². The summed E-state index contributed by atoms with van der Waals surface area (Å²) in [5.74, 6) is 1.54. The maximum Gasteiger partial charge on any atom is 0.262 e. The lowest BCUT2D eigenvalue weighted by molar-refractivity contribution is -0.917. The first-order chi connectivity index (χ1) is 18.4. The molecule has 6 rings (SSSR count). The summed E-state index contributed by atoms with van der Waals surface area (Å²) in [4.78, 5) is 32.9. The molecule has 194 valence electrons. The first-order valence-electron chi connectivity index (χ1n) is 12.5. The maximum atomic E-state index is 13.3. The molecule has 0 saturated carbocycles. The highest BCUT2D eigenvalue weighted by molar-refractivity contribution is 7.71. The molecule has 1 aromatic heterocycles. The Morgan fingerprint density at radius 3 is 2.50 bits per heavy atom. The maximum absolute atomic E-state index is 13.3. The van der Waals surface area contributed by atoms with Crippen molar-refractivity contribution in [1.82, 2.24) is 14.5 Å². The number of fused-ring (bicyclic) bond motifs is 2. The Balaban J connectivity index is 1.14. The second-order valence-corrected chi connectivity index (χ2v) is 10.4. The van der Waals surface area contributed by atoms with Gasteiger partial charge in [-0.15, -0.1) is 0 Å². The van der Waals surface area contributed by atoms with E-state index in [0.29, 0.717) is 45.9 Å². The Hall–Kier alpha value is -3.66. The molecule has 3 heterocycles. The molecule has 0 bridgehead atoms. The van der Waals surface area contributed by atoms with Crippen LogP contribution in [0.25, 0.3) is 10.9 Å². The van der Waals surface area contributed by atoms with Gasteiger partial charge in [-0.1, -0.05) is 23.7 Å². The number of ether oxygens (including phenoxy) is 2. The highest BCUT2D eigenvalue weighted by Crippen LogP contribution is 2.32. The van der Waals surface area contributed by atoms with Crippen molar-refractivity contribution in [2.45, 2.75) is 13.1 Å². The van der Waals surface area contributed by atoms with E-state index >= 15 is 0 Å². The fourth-order valence-corrected chi connectivity index (χ4v) is 5.41. The zero-order valence-corrected chi connectivity index (χ0v) is 22.1. The van der Waals surface area contributed by atoms with Gasteiger partial charge in [0.15, 0.2) is 16.3 Å². The molecule has 4 aromatic rings. The summed E-state index contributed by atoms with van der Waals surface area (Å²) in [6, 6.07) is 18.5. The summed E-state index contributed by atoms with van der Waals surface area (Å²) >= 11 is 11.5. The number of aromatic amines is 1. The lowest BCUT2D eigenvalue weighted by Gasteiger charge is -2.32. The van der Waals surface area contributed by atoms with Gasteiger partial charge in [-0.25, -0.2) is 0 Å². The monoisotopic (exact) mass is 549 g/mol. The molecule has 0 atom stereocenters. The summed E-state index contributed by atoms with van der Waals surface area (Å²) in [5.41, 5.74) is 3.01. The molecule has 1 saturated heterocycles. The minimum Gasteiger partial charge on any atom is -0.454 e. The number of hydrogen-bond acceptors (Lipinski definition) is 5. The van der Waals surface area contributed by atoms with Crippen LogP contribution in [0.15, 0.2) is 65.5 Å². The van der Waals surface area contributed by atoms with Crippen LogP contribution in [0.2, 0.25) is 5.02 Å². The second-order valence-electron chi connectivity index (χ2n) is 9.61. The van der Waals surface area contributed by atoms with E-state index in [-0.39, 0.29) is 18.3 Å². The van der Waals surface area contributed by atoms with E-state index in [1.807, 2.05) is 29.2 Å². The molecule has 2 aliphatic heterocycles. The Kier molecular flexibility index (Phi) is 6.65. The molecule has 0 radical (unpaired) electrons. The molecule has 1 amide bonds. The van der Waals surface area contributed by atoms with Gasteiger partial charge >= 0.3 is 0 Å². The summed E-state index contributed by atoms with van der Waals surface area (Å²) in [6.45, 7) is 4.50. The quantitative estimate of drug-likeness (QED) is 0.374. The molecule has 0 spiro atoms. The van der Waals surface area contributed by atoms with Gasteiger partial charge in [0.25, 0.3) is 11.5 Å². The Labute approximate surface area is 229 Å². The van der Waals surface area contributed by atoms with Crippen LogP contribution in [0.1, 0.15) is 21.5 Å². The van der Waals surface area contributed by atoms with E-state index in [0.717, 1.165) is 36.7 Å². The Morgan fingerprint density at radius 1 is 0.974 bits per heavy atom. The molecular formula is C28H26ClN4O4S+. The fourth-order valence-electron chi connectivity index (χ4n) is 5.03. The van der Waals surface area contributed by atoms with Crippen LogP contribution in [0, 0.1) is 4.77 Å². The summed E-state index contributed by atoms with van der Waals surface area (Å²) < 4.78 is 12.7. The Morgan fingerprint density at radius 2 is 1.71 bits per heavy atom. The van der Waals surface area contributed by atoms with Crippen LogP contribution >= 0.6 is 23.8 Å². The van der Waals surface area contributed by atoms with Crippen molar-refractivity contribution in [1.29, 1.82) is 0 Å². The highest BCUT2D eigenvalue weighted by atomic mass is 35.5. The molecule has 0 unspecified atom stereocenters. The van der Waals surface area contributed by atoms with Crippen LogP contribution < -0.4 is 19.9 Å². The minimum absolute atomic E-state index is 0.0429. The second kappa shape index (κ2) is 10.2. The average molecular weight is 550 g/mol. The third-order valence-electron chi connectivity index (χ3n) is 7.13. The van der Waals surface area contributed by atoms with Gasteiger partial charge in [-0.05, 0) is 66.3 Å². The van der Waals surface area contributed by atoms with Crippen molar-refractivity contribution in [3.05, 3.63) is 97.5 Å². The zero-order chi connectivity index (χ0) is 26.2. The van der Waals surface area contributed by atoms with Gasteiger partial charge < -0.3 is 24.3 Å². The topological polar surface area (TPSA) is 81.0 Å². The van der Waals surface area contributed by atoms with E-state index in [4.69, 9.17) is 33.3 Å². The third kappa shape index (κ3) is 4.92. The number of amides is 1. The number of halogens is 1. The number of nitrogens with one attached hydrogen (secondary N) is 2. The van der Waals surface area contributed by atoms with Crippen LogP contribution in [-0.4, -0.2) is 53.3 Å². The molecular weight excluding hydrogens is 524 g/mol. The molecule has 10 heteroatoms. The molecule has 38 heavy (non-hydrogen) atoms. The number of piperazine rings is 1. The SMILES string of the molecule is O=C(c1ccc2c(=O)n(Cc3ccc(Cl)cc3)c(=S)[nH]c2c1)N1CC[NH+](Cc2ccc3c(c2)OCO3)CC1. The number of hydrogen-bond donors (Lipinski definition) is 2. The molecule has 1 fully saturated rings. The first-order valence-corrected chi connectivity index (χ1v) is 13.3. The van der Waals surface area contributed by atoms with E-state index in [2.05, 4.69) is 11.1 Å². The van der Waals surface area contributed by atoms with Crippen LogP contribution in [0.5, 0.6) is 11.5 Å². The van der Waals surface area contributed by atoms with E-state index in [1.54, 1.807) is 30.3 Å². The van der Waals surface area contributed by atoms with Crippen LogP contribution in [-0.2, 0) is 13.1 Å². The molecule has 2 aliphatic rings. The smallest absolute Gasteiger partial charge is 0.262 e. The van der Waals surface area contributed by atoms with Crippen molar-refractivity contribution in [2.24, 2.45) is 0 Å². The highest BCUT2D eigenvalue weighted by Gasteiger charge is 2.25. The number of rotatable bonds is 5. The van der Waals surface area contributed by atoms with Gasteiger partial charge in [0.05, 0.1) is 43.6 Å². The lowest BCUT2D eigenvalue weighted by atomic mass is 10.1. The summed E-state index contributed by atoms with van der Waals surface area (Å²) in [6.07, 6.45) is 0. The van der Waals surface area contributed by atoms with Crippen molar-refractivity contribution in [3.63, 3.8) is 0 Å². The minimum atomic E-state index is -0.196. The molecule has 0 aliphatic carbocycles. The van der Waals surface area contributed by atoms with E-state index < -0.39 is 0 Å². The van der Waals surface area contributed by atoms with Crippen molar-refractivity contribution >= 4 is 40.6 Å². The van der Waals surface area contributed by atoms with Crippen molar-refractivity contribution < 1.29 is 19.2 Å². The van der Waals surface area contributed by atoms with E-state index in [9.17, 15) is 9.59 Å². The van der Waals surface area contributed by atoms with Crippen molar-refractivity contribution in [3.8, 4) is 11.5 Å².